The molecule has 2 rings (SSSR count). The summed E-state index contributed by atoms with van der Waals surface area (Å²) < 4.78 is 11.6. The SMILES string of the molecule is C=CCCCOCC1CCC(CNC2CC2)O1. The van der Waals surface area contributed by atoms with E-state index in [9.17, 15) is 0 Å². The Labute approximate surface area is 105 Å². The minimum Gasteiger partial charge on any atom is -0.379 e. The third-order valence-electron chi connectivity index (χ3n) is 3.41. The fourth-order valence-electron chi connectivity index (χ4n) is 2.18. The lowest BCUT2D eigenvalue weighted by molar-refractivity contribution is -0.0146. The molecular weight excluding hydrogens is 214 g/mol. The molecule has 2 atom stereocenters. The van der Waals surface area contributed by atoms with Crippen LogP contribution in [0, 0.1) is 0 Å². The summed E-state index contributed by atoms with van der Waals surface area (Å²) in [6.45, 7) is 6.31. The summed E-state index contributed by atoms with van der Waals surface area (Å²) in [6.07, 6.45) is 9.82. The molecule has 0 aromatic rings. The van der Waals surface area contributed by atoms with Crippen LogP contribution in [0.5, 0.6) is 0 Å². The first-order chi connectivity index (χ1) is 8.38. The Bertz CT molecular complexity index is 228. The van der Waals surface area contributed by atoms with Gasteiger partial charge >= 0.3 is 0 Å². The molecule has 1 aliphatic carbocycles. The van der Waals surface area contributed by atoms with Gasteiger partial charge in [-0.3, -0.25) is 0 Å². The maximum Gasteiger partial charge on any atom is 0.0813 e. The molecule has 2 fully saturated rings. The molecule has 1 saturated carbocycles. The number of ether oxygens (including phenoxy) is 2. The zero-order valence-corrected chi connectivity index (χ0v) is 10.7. The quantitative estimate of drug-likeness (QED) is 0.494. The van der Waals surface area contributed by atoms with Gasteiger partial charge in [-0.15, -0.1) is 6.58 Å². The summed E-state index contributed by atoms with van der Waals surface area (Å²) >= 11 is 0. The Morgan fingerprint density at radius 1 is 1.24 bits per heavy atom. The monoisotopic (exact) mass is 239 g/mol. The zero-order valence-electron chi connectivity index (χ0n) is 10.7. The fraction of sp³-hybridized carbons (Fsp3) is 0.857. The van der Waals surface area contributed by atoms with E-state index in [2.05, 4.69) is 11.9 Å². The third kappa shape index (κ3) is 5.19. The summed E-state index contributed by atoms with van der Waals surface area (Å²) in [5.74, 6) is 0. The van der Waals surface area contributed by atoms with Gasteiger partial charge in [-0.05, 0) is 38.5 Å². The van der Waals surface area contributed by atoms with Crippen LogP contribution >= 0.6 is 0 Å². The molecule has 17 heavy (non-hydrogen) atoms. The molecule has 0 aromatic heterocycles. The van der Waals surface area contributed by atoms with Crippen molar-refractivity contribution in [3.05, 3.63) is 12.7 Å². The first kappa shape index (κ1) is 13.1. The highest BCUT2D eigenvalue weighted by molar-refractivity contribution is 4.84. The van der Waals surface area contributed by atoms with E-state index in [0.717, 1.165) is 45.1 Å². The van der Waals surface area contributed by atoms with Crippen LogP contribution in [0.4, 0.5) is 0 Å². The van der Waals surface area contributed by atoms with Crippen LogP contribution < -0.4 is 5.32 Å². The minimum absolute atomic E-state index is 0.324. The second-order valence-electron chi connectivity index (χ2n) is 5.15. The molecule has 1 saturated heterocycles. The van der Waals surface area contributed by atoms with Gasteiger partial charge in [0.15, 0.2) is 0 Å². The van der Waals surface area contributed by atoms with Gasteiger partial charge in [-0.1, -0.05) is 6.08 Å². The highest BCUT2D eigenvalue weighted by Gasteiger charge is 2.27. The van der Waals surface area contributed by atoms with Gasteiger partial charge in [0.1, 0.15) is 0 Å². The second kappa shape index (κ2) is 7.14. The van der Waals surface area contributed by atoms with Gasteiger partial charge in [0, 0.05) is 19.2 Å². The maximum absolute atomic E-state index is 5.94. The fourth-order valence-corrected chi connectivity index (χ4v) is 2.18. The summed E-state index contributed by atoms with van der Waals surface area (Å²) in [5, 5.41) is 3.53. The first-order valence-electron chi connectivity index (χ1n) is 6.96. The molecule has 0 spiro atoms. The predicted molar refractivity (Wildman–Crippen MR) is 69.2 cm³/mol. The summed E-state index contributed by atoms with van der Waals surface area (Å²) in [6, 6.07) is 0.785. The van der Waals surface area contributed by atoms with Crippen LogP contribution in [-0.2, 0) is 9.47 Å². The summed E-state index contributed by atoms with van der Waals surface area (Å²) in [7, 11) is 0. The van der Waals surface area contributed by atoms with Crippen molar-refractivity contribution in [3.8, 4) is 0 Å². The standard InChI is InChI=1S/C14H25NO2/c1-2-3-4-9-16-11-14-8-7-13(17-14)10-15-12-5-6-12/h2,12-15H,1,3-11H2. The number of unbranched alkanes of at least 4 members (excludes halogenated alkanes) is 1. The van der Waals surface area contributed by atoms with E-state index in [0.29, 0.717) is 12.2 Å². The van der Waals surface area contributed by atoms with E-state index in [1.54, 1.807) is 0 Å². The van der Waals surface area contributed by atoms with E-state index in [1.807, 2.05) is 6.08 Å². The lowest BCUT2D eigenvalue weighted by Gasteiger charge is -2.14. The van der Waals surface area contributed by atoms with Crippen molar-refractivity contribution in [2.24, 2.45) is 0 Å². The predicted octanol–water partition coefficient (Wildman–Crippen LogP) is 2.27. The Hall–Kier alpha value is -0.380. The second-order valence-corrected chi connectivity index (χ2v) is 5.15. The van der Waals surface area contributed by atoms with E-state index in [1.165, 1.54) is 19.3 Å². The molecule has 0 radical (unpaired) electrons. The smallest absolute Gasteiger partial charge is 0.0813 e. The normalized spacial score (nSPS) is 28.5. The van der Waals surface area contributed by atoms with E-state index < -0.39 is 0 Å². The Morgan fingerprint density at radius 2 is 2.06 bits per heavy atom. The highest BCUT2D eigenvalue weighted by Crippen LogP contribution is 2.22. The van der Waals surface area contributed by atoms with Crippen LogP contribution in [-0.4, -0.2) is 38.0 Å². The molecule has 1 heterocycles. The molecule has 2 unspecified atom stereocenters. The topological polar surface area (TPSA) is 30.5 Å². The first-order valence-corrected chi connectivity index (χ1v) is 6.96. The molecular formula is C14H25NO2. The number of hydrogen-bond donors (Lipinski definition) is 1. The summed E-state index contributed by atoms with van der Waals surface area (Å²) in [5.41, 5.74) is 0. The van der Waals surface area contributed by atoms with Crippen molar-refractivity contribution in [1.29, 1.82) is 0 Å². The molecule has 0 amide bonds. The van der Waals surface area contributed by atoms with Crippen molar-refractivity contribution >= 4 is 0 Å². The van der Waals surface area contributed by atoms with Gasteiger partial charge in [-0.25, -0.2) is 0 Å². The van der Waals surface area contributed by atoms with E-state index in [4.69, 9.17) is 9.47 Å². The Kier molecular flexibility index (Phi) is 5.49. The molecule has 0 aromatic carbocycles. The van der Waals surface area contributed by atoms with Gasteiger partial charge < -0.3 is 14.8 Å². The van der Waals surface area contributed by atoms with Crippen molar-refractivity contribution < 1.29 is 9.47 Å². The molecule has 98 valence electrons. The Balaban J connectivity index is 1.46. The zero-order chi connectivity index (χ0) is 11.9. The van der Waals surface area contributed by atoms with E-state index in [-0.39, 0.29) is 0 Å². The third-order valence-corrected chi connectivity index (χ3v) is 3.41. The van der Waals surface area contributed by atoms with Crippen LogP contribution in [0.15, 0.2) is 12.7 Å². The van der Waals surface area contributed by atoms with Crippen LogP contribution in [0.2, 0.25) is 0 Å². The minimum atomic E-state index is 0.324. The average molecular weight is 239 g/mol. The molecule has 0 bridgehead atoms. The maximum atomic E-state index is 5.94. The largest absolute Gasteiger partial charge is 0.379 e. The van der Waals surface area contributed by atoms with Crippen molar-refractivity contribution in [3.63, 3.8) is 0 Å². The van der Waals surface area contributed by atoms with Gasteiger partial charge in [0.05, 0.1) is 18.8 Å². The number of nitrogens with one attached hydrogen (secondary N) is 1. The van der Waals surface area contributed by atoms with Crippen LogP contribution in [0.1, 0.15) is 38.5 Å². The number of rotatable bonds is 9. The van der Waals surface area contributed by atoms with Crippen LogP contribution in [0.25, 0.3) is 0 Å². The molecule has 2 aliphatic rings. The van der Waals surface area contributed by atoms with Crippen molar-refractivity contribution in [2.45, 2.75) is 56.8 Å². The lowest BCUT2D eigenvalue weighted by atomic mass is 10.2. The van der Waals surface area contributed by atoms with Crippen molar-refractivity contribution in [2.75, 3.05) is 19.8 Å². The van der Waals surface area contributed by atoms with Gasteiger partial charge in [0.25, 0.3) is 0 Å². The number of hydrogen-bond acceptors (Lipinski definition) is 3. The van der Waals surface area contributed by atoms with Crippen molar-refractivity contribution in [1.82, 2.24) is 5.32 Å². The summed E-state index contributed by atoms with van der Waals surface area (Å²) in [4.78, 5) is 0. The molecule has 3 heteroatoms. The van der Waals surface area contributed by atoms with Crippen LogP contribution in [0.3, 0.4) is 0 Å². The average Bonchev–Trinajstić information content (AvgIpc) is 3.06. The molecule has 3 nitrogen and oxygen atoms in total. The Morgan fingerprint density at radius 3 is 2.82 bits per heavy atom. The van der Waals surface area contributed by atoms with Gasteiger partial charge in [0.2, 0.25) is 0 Å². The molecule has 1 N–H and O–H groups in total. The van der Waals surface area contributed by atoms with Gasteiger partial charge in [-0.2, -0.15) is 0 Å². The van der Waals surface area contributed by atoms with E-state index >= 15 is 0 Å². The highest BCUT2D eigenvalue weighted by atomic mass is 16.5. The lowest BCUT2D eigenvalue weighted by Crippen LogP contribution is -2.29. The molecule has 1 aliphatic heterocycles. The number of allylic oxidation sites excluding steroid dienone is 1.